The second kappa shape index (κ2) is 9.07. The Hall–Kier alpha value is -2.28. The zero-order valence-corrected chi connectivity index (χ0v) is 19.0. The first-order chi connectivity index (χ1) is 14.9. The third-order valence-electron chi connectivity index (χ3n) is 6.90. The standard InChI is InChI=1S/C24H35N3O4/c1-17-14-19-21(31-17)15-20-22(28)27(12-9-13-30-3)24(2,16-26(19)20)23(29)25-18-10-7-5-4-6-8-11-18/h14-15,18H,4-13,16H2,1-3H3,(H,25,29)/t24-/m0/s1. The Balaban J connectivity index is 1.63. The van der Waals surface area contributed by atoms with Gasteiger partial charge in [0, 0.05) is 38.4 Å². The van der Waals surface area contributed by atoms with Gasteiger partial charge in [0.15, 0.2) is 5.58 Å². The van der Waals surface area contributed by atoms with Gasteiger partial charge >= 0.3 is 0 Å². The van der Waals surface area contributed by atoms with Gasteiger partial charge in [-0.15, -0.1) is 0 Å². The Morgan fingerprint density at radius 3 is 2.65 bits per heavy atom. The lowest BCUT2D eigenvalue weighted by atomic mass is 9.92. The average molecular weight is 430 g/mol. The highest BCUT2D eigenvalue weighted by Gasteiger charge is 2.48. The minimum absolute atomic E-state index is 0.0587. The van der Waals surface area contributed by atoms with Crippen molar-refractivity contribution >= 4 is 22.9 Å². The summed E-state index contributed by atoms with van der Waals surface area (Å²) in [6.07, 6.45) is 8.76. The lowest BCUT2D eigenvalue weighted by Crippen LogP contribution is -2.65. The molecule has 3 heterocycles. The summed E-state index contributed by atoms with van der Waals surface area (Å²) in [4.78, 5) is 28.9. The molecule has 0 bridgehead atoms. The summed E-state index contributed by atoms with van der Waals surface area (Å²) in [5.74, 6) is 0.620. The first kappa shape index (κ1) is 21.9. The van der Waals surface area contributed by atoms with Crippen LogP contribution in [0.1, 0.15) is 74.5 Å². The van der Waals surface area contributed by atoms with Gasteiger partial charge in [-0.25, -0.2) is 0 Å². The largest absolute Gasteiger partial charge is 0.460 e. The van der Waals surface area contributed by atoms with Crippen molar-refractivity contribution in [1.29, 1.82) is 0 Å². The van der Waals surface area contributed by atoms with Gasteiger partial charge in [-0.05, 0) is 33.1 Å². The fourth-order valence-electron chi connectivity index (χ4n) is 5.12. The molecule has 7 nitrogen and oxygen atoms in total. The Morgan fingerprint density at radius 2 is 1.94 bits per heavy atom. The molecule has 2 aromatic heterocycles. The lowest BCUT2D eigenvalue weighted by Gasteiger charge is -2.44. The third kappa shape index (κ3) is 4.25. The lowest BCUT2D eigenvalue weighted by molar-refractivity contribution is -0.133. The van der Waals surface area contributed by atoms with Crippen LogP contribution in [-0.4, -0.2) is 53.1 Å². The molecule has 0 aromatic carbocycles. The summed E-state index contributed by atoms with van der Waals surface area (Å²) in [5.41, 5.74) is 1.20. The van der Waals surface area contributed by atoms with Crippen molar-refractivity contribution in [3.05, 3.63) is 23.6 Å². The Kier molecular flexibility index (Phi) is 6.42. The van der Waals surface area contributed by atoms with Crippen LogP contribution in [0.15, 0.2) is 16.5 Å². The molecule has 7 heteroatoms. The van der Waals surface area contributed by atoms with E-state index < -0.39 is 5.54 Å². The number of hydrogen-bond acceptors (Lipinski definition) is 4. The molecule has 1 fully saturated rings. The monoisotopic (exact) mass is 429 g/mol. The molecule has 0 saturated heterocycles. The number of aryl methyl sites for hydroxylation is 1. The van der Waals surface area contributed by atoms with Crippen molar-refractivity contribution in [3.63, 3.8) is 0 Å². The number of carbonyl (C=O) groups excluding carboxylic acids is 2. The Bertz CT molecular complexity index is 938. The van der Waals surface area contributed by atoms with Crippen LogP contribution in [0.5, 0.6) is 0 Å². The molecule has 1 aliphatic carbocycles. The van der Waals surface area contributed by atoms with Gasteiger partial charge in [0.05, 0.1) is 12.1 Å². The van der Waals surface area contributed by atoms with E-state index in [-0.39, 0.29) is 17.9 Å². The van der Waals surface area contributed by atoms with Gasteiger partial charge in [-0.3, -0.25) is 9.59 Å². The highest BCUT2D eigenvalue weighted by Crippen LogP contribution is 2.34. The number of aromatic nitrogens is 1. The molecule has 1 N–H and O–H groups in total. The Morgan fingerprint density at radius 1 is 1.23 bits per heavy atom. The summed E-state index contributed by atoms with van der Waals surface area (Å²) in [6.45, 7) is 5.24. The SMILES string of the molecule is COCCCN1C(=O)c2cc3oc(C)cc3n2C[C@@]1(C)C(=O)NC1CCCCCCC1. The summed E-state index contributed by atoms with van der Waals surface area (Å²) in [6, 6.07) is 3.93. The molecule has 31 heavy (non-hydrogen) atoms. The number of hydrogen-bond donors (Lipinski definition) is 1. The van der Waals surface area contributed by atoms with Crippen molar-refractivity contribution in [2.45, 2.75) is 83.3 Å². The van der Waals surface area contributed by atoms with Gasteiger partial charge in [0.1, 0.15) is 17.0 Å². The molecule has 170 valence electrons. The first-order valence-corrected chi connectivity index (χ1v) is 11.7. The van der Waals surface area contributed by atoms with Crippen molar-refractivity contribution < 1.29 is 18.7 Å². The molecule has 0 spiro atoms. The number of fused-ring (bicyclic) bond motifs is 3. The van der Waals surface area contributed by atoms with E-state index in [1.165, 1.54) is 19.3 Å². The van der Waals surface area contributed by atoms with E-state index >= 15 is 0 Å². The van der Waals surface area contributed by atoms with Crippen molar-refractivity contribution in [2.24, 2.45) is 0 Å². The third-order valence-corrected chi connectivity index (χ3v) is 6.90. The number of carbonyl (C=O) groups is 2. The van der Waals surface area contributed by atoms with Crippen LogP contribution in [0.2, 0.25) is 0 Å². The minimum atomic E-state index is -0.961. The smallest absolute Gasteiger partial charge is 0.271 e. The molecule has 2 aromatic rings. The molecule has 0 unspecified atom stereocenters. The summed E-state index contributed by atoms with van der Waals surface area (Å²) in [7, 11) is 1.65. The number of nitrogens with one attached hydrogen (secondary N) is 1. The summed E-state index contributed by atoms with van der Waals surface area (Å²) in [5, 5.41) is 3.31. The van der Waals surface area contributed by atoms with E-state index in [1.54, 1.807) is 18.1 Å². The molecule has 1 aliphatic heterocycles. The molecule has 4 rings (SSSR count). The normalized spacial score (nSPS) is 22.9. The predicted octanol–water partition coefficient (Wildman–Crippen LogP) is 4.02. The van der Waals surface area contributed by atoms with Crippen LogP contribution < -0.4 is 5.32 Å². The highest BCUT2D eigenvalue weighted by molar-refractivity contribution is 6.03. The number of methoxy groups -OCH3 is 1. The first-order valence-electron chi connectivity index (χ1n) is 11.7. The van der Waals surface area contributed by atoms with Gasteiger partial charge in [-0.1, -0.05) is 32.1 Å². The fourth-order valence-corrected chi connectivity index (χ4v) is 5.12. The van der Waals surface area contributed by atoms with Crippen LogP contribution in [0.4, 0.5) is 0 Å². The maximum Gasteiger partial charge on any atom is 0.271 e. The number of ether oxygens (including phenoxy) is 1. The second-order valence-electron chi connectivity index (χ2n) is 9.31. The maximum absolute atomic E-state index is 13.7. The number of nitrogens with zero attached hydrogens (tertiary/aromatic N) is 2. The zero-order chi connectivity index (χ0) is 22.0. The molecule has 0 radical (unpaired) electrons. The van der Waals surface area contributed by atoms with Crippen LogP contribution in [0.3, 0.4) is 0 Å². The van der Waals surface area contributed by atoms with Crippen LogP contribution in [0.25, 0.3) is 11.1 Å². The topological polar surface area (TPSA) is 76.7 Å². The highest BCUT2D eigenvalue weighted by atomic mass is 16.5. The van der Waals surface area contributed by atoms with E-state index in [1.807, 2.05) is 24.5 Å². The van der Waals surface area contributed by atoms with E-state index in [9.17, 15) is 9.59 Å². The van der Waals surface area contributed by atoms with Crippen LogP contribution in [0, 0.1) is 6.92 Å². The minimum Gasteiger partial charge on any atom is -0.460 e. The van der Waals surface area contributed by atoms with Crippen LogP contribution in [-0.2, 0) is 16.1 Å². The van der Waals surface area contributed by atoms with Gasteiger partial charge in [0.2, 0.25) is 5.91 Å². The molecular formula is C24H35N3O4. The van der Waals surface area contributed by atoms with Crippen molar-refractivity contribution in [3.8, 4) is 0 Å². The number of furan rings is 1. The van der Waals surface area contributed by atoms with E-state index in [0.717, 1.165) is 37.0 Å². The van der Waals surface area contributed by atoms with Gasteiger partial charge < -0.3 is 23.9 Å². The van der Waals surface area contributed by atoms with E-state index in [2.05, 4.69) is 5.32 Å². The van der Waals surface area contributed by atoms with Crippen molar-refractivity contribution in [1.82, 2.24) is 14.8 Å². The zero-order valence-electron chi connectivity index (χ0n) is 19.0. The summed E-state index contributed by atoms with van der Waals surface area (Å²) >= 11 is 0. The van der Waals surface area contributed by atoms with E-state index in [4.69, 9.17) is 9.15 Å². The van der Waals surface area contributed by atoms with Gasteiger partial charge in [0.25, 0.3) is 5.91 Å². The molecular weight excluding hydrogens is 394 g/mol. The second-order valence-corrected chi connectivity index (χ2v) is 9.31. The van der Waals surface area contributed by atoms with Crippen LogP contribution >= 0.6 is 0 Å². The number of rotatable bonds is 6. The molecule has 2 amide bonds. The molecule has 2 aliphatic rings. The quantitative estimate of drug-likeness (QED) is 0.704. The maximum atomic E-state index is 13.7. The average Bonchev–Trinajstić information content (AvgIpc) is 3.23. The van der Waals surface area contributed by atoms with Crippen molar-refractivity contribution in [2.75, 3.05) is 20.3 Å². The van der Waals surface area contributed by atoms with Gasteiger partial charge in [-0.2, -0.15) is 0 Å². The van der Waals surface area contributed by atoms with E-state index in [0.29, 0.717) is 37.4 Å². The predicted molar refractivity (Wildman–Crippen MR) is 119 cm³/mol. The fraction of sp³-hybridized carbons (Fsp3) is 0.667. The Labute approximate surface area is 184 Å². The number of amides is 2. The molecule has 1 saturated carbocycles. The molecule has 1 atom stereocenters. The summed E-state index contributed by atoms with van der Waals surface area (Å²) < 4.78 is 12.9.